The lowest BCUT2D eigenvalue weighted by Crippen LogP contribution is -2.36. The van der Waals surface area contributed by atoms with Crippen LogP contribution in [-0.2, 0) is 0 Å². The van der Waals surface area contributed by atoms with Crippen LogP contribution in [0.3, 0.4) is 0 Å². The van der Waals surface area contributed by atoms with E-state index in [0.29, 0.717) is 17.9 Å². The van der Waals surface area contributed by atoms with E-state index in [1.54, 1.807) is 0 Å². The van der Waals surface area contributed by atoms with Crippen LogP contribution in [0.4, 0.5) is 0 Å². The van der Waals surface area contributed by atoms with E-state index >= 15 is 0 Å². The summed E-state index contributed by atoms with van der Waals surface area (Å²) < 4.78 is 6.47. The van der Waals surface area contributed by atoms with Crippen molar-refractivity contribution in [2.75, 3.05) is 0 Å². The summed E-state index contributed by atoms with van der Waals surface area (Å²) in [5.41, 5.74) is 7.40. The molecule has 4 unspecified atom stereocenters. The van der Waals surface area contributed by atoms with E-state index in [1.807, 2.05) is 0 Å². The van der Waals surface area contributed by atoms with Crippen molar-refractivity contribution in [3.05, 3.63) is 29.8 Å². The minimum atomic E-state index is 0.0692. The van der Waals surface area contributed by atoms with Gasteiger partial charge in [0.1, 0.15) is 11.9 Å². The first kappa shape index (κ1) is 16.4. The fourth-order valence-corrected chi connectivity index (χ4v) is 3.53. The van der Waals surface area contributed by atoms with Gasteiger partial charge in [-0.05, 0) is 43.1 Å². The molecule has 1 fully saturated rings. The van der Waals surface area contributed by atoms with Gasteiger partial charge < -0.3 is 10.5 Å². The van der Waals surface area contributed by atoms with Gasteiger partial charge in [0.25, 0.3) is 0 Å². The van der Waals surface area contributed by atoms with Crippen LogP contribution >= 0.6 is 0 Å². The summed E-state index contributed by atoms with van der Waals surface area (Å²) in [6, 6.07) is 8.38. The van der Waals surface area contributed by atoms with Gasteiger partial charge in [0.15, 0.2) is 0 Å². The molecule has 0 bridgehead atoms. The van der Waals surface area contributed by atoms with Crippen molar-refractivity contribution < 1.29 is 4.74 Å². The molecule has 0 heterocycles. The molecule has 21 heavy (non-hydrogen) atoms. The first-order valence-corrected chi connectivity index (χ1v) is 8.54. The Morgan fingerprint density at radius 2 is 1.95 bits per heavy atom. The summed E-state index contributed by atoms with van der Waals surface area (Å²) in [7, 11) is 0. The van der Waals surface area contributed by atoms with Crippen LogP contribution in [0.5, 0.6) is 5.75 Å². The number of nitrogens with two attached hydrogens (primary N) is 1. The molecule has 1 aliphatic carbocycles. The molecule has 2 heteroatoms. The molecular weight excluding hydrogens is 258 g/mol. The van der Waals surface area contributed by atoms with E-state index in [-0.39, 0.29) is 6.04 Å². The highest BCUT2D eigenvalue weighted by atomic mass is 16.5. The summed E-state index contributed by atoms with van der Waals surface area (Å²) in [5.74, 6) is 3.09. The third-order valence-corrected chi connectivity index (χ3v) is 5.00. The normalized spacial score (nSPS) is 27.6. The molecule has 4 atom stereocenters. The van der Waals surface area contributed by atoms with Crippen molar-refractivity contribution in [3.8, 4) is 5.75 Å². The maximum absolute atomic E-state index is 6.47. The summed E-state index contributed by atoms with van der Waals surface area (Å²) in [5, 5.41) is 0. The molecule has 0 aliphatic heterocycles. The quantitative estimate of drug-likeness (QED) is 0.833. The van der Waals surface area contributed by atoms with Gasteiger partial charge in [-0.1, -0.05) is 52.3 Å². The van der Waals surface area contributed by atoms with E-state index in [9.17, 15) is 0 Å². The number of rotatable bonds is 5. The second-order valence-corrected chi connectivity index (χ2v) is 7.03. The molecule has 0 saturated heterocycles. The molecule has 0 spiro atoms. The van der Waals surface area contributed by atoms with E-state index in [0.717, 1.165) is 23.7 Å². The Bertz CT molecular complexity index is 443. The lowest BCUT2D eigenvalue weighted by molar-refractivity contribution is 0.0450. The highest BCUT2D eigenvalue weighted by molar-refractivity contribution is 5.36. The van der Waals surface area contributed by atoms with Crippen molar-refractivity contribution in [1.29, 1.82) is 0 Å². The van der Waals surface area contributed by atoms with Crippen molar-refractivity contribution >= 4 is 0 Å². The van der Waals surface area contributed by atoms with Gasteiger partial charge in [-0.3, -0.25) is 0 Å². The van der Waals surface area contributed by atoms with Crippen LogP contribution in [0, 0.1) is 17.8 Å². The maximum Gasteiger partial charge on any atom is 0.124 e. The smallest absolute Gasteiger partial charge is 0.124 e. The summed E-state index contributed by atoms with van der Waals surface area (Å²) in [4.78, 5) is 0. The van der Waals surface area contributed by atoms with Gasteiger partial charge in [-0.15, -0.1) is 0 Å². The number of hydrogen-bond donors (Lipinski definition) is 1. The molecule has 0 aromatic heterocycles. The van der Waals surface area contributed by atoms with E-state index in [4.69, 9.17) is 10.5 Å². The Morgan fingerprint density at radius 1 is 1.24 bits per heavy atom. The Balaban J connectivity index is 2.19. The average Bonchev–Trinajstić information content (AvgIpc) is 2.47. The summed E-state index contributed by atoms with van der Waals surface area (Å²) in [6.07, 6.45) is 5.05. The molecule has 0 radical (unpaired) electrons. The number of benzene rings is 1. The van der Waals surface area contributed by atoms with Gasteiger partial charge in [0.2, 0.25) is 0 Å². The van der Waals surface area contributed by atoms with Gasteiger partial charge in [-0.2, -0.15) is 0 Å². The third-order valence-electron chi connectivity index (χ3n) is 5.00. The molecule has 1 aliphatic rings. The first-order valence-electron chi connectivity index (χ1n) is 8.54. The largest absolute Gasteiger partial charge is 0.490 e. The van der Waals surface area contributed by atoms with Crippen LogP contribution in [0.15, 0.2) is 24.3 Å². The third kappa shape index (κ3) is 4.00. The highest BCUT2D eigenvalue weighted by Gasteiger charge is 2.32. The lowest BCUT2D eigenvalue weighted by Gasteiger charge is -2.37. The van der Waals surface area contributed by atoms with Crippen LogP contribution < -0.4 is 10.5 Å². The fraction of sp³-hybridized carbons (Fsp3) is 0.684. The number of hydrogen-bond acceptors (Lipinski definition) is 2. The summed E-state index contributed by atoms with van der Waals surface area (Å²) >= 11 is 0. The predicted octanol–water partition coefficient (Wildman–Crippen LogP) is 4.94. The fourth-order valence-electron chi connectivity index (χ4n) is 3.53. The van der Waals surface area contributed by atoms with Crippen LogP contribution in [0.1, 0.15) is 65.0 Å². The zero-order chi connectivity index (χ0) is 15.4. The van der Waals surface area contributed by atoms with Crippen molar-refractivity contribution in [2.45, 2.75) is 65.5 Å². The van der Waals surface area contributed by atoms with E-state index in [1.165, 1.54) is 19.3 Å². The molecule has 1 saturated carbocycles. The lowest BCUT2D eigenvalue weighted by atomic mass is 9.75. The van der Waals surface area contributed by atoms with Crippen LogP contribution in [0.25, 0.3) is 0 Å². The maximum atomic E-state index is 6.47. The standard InChI is InChI=1S/C19H31NO/c1-5-17(20)16-8-6-7-9-18(16)21-19-12-14(4)10-11-15(19)13(2)3/h6-9,13-15,17,19H,5,10-12,20H2,1-4H3. The Labute approximate surface area is 130 Å². The molecule has 1 aromatic rings. The second kappa shape index (κ2) is 7.31. The van der Waals surface area contributed by atoms with Gasteiger partial charge in [0, 0.05) is 11.6 Å². The minimum Gasteiger partial charge on any atom is -0.490 e. The Morgan fingerprint density at radius 3 is 2.62 bits per heavy atom. The van der Waals surface area contributed by atoms with E-state index < -0.39 is 0 Å². The number of ether oxygens (including phenoxy) is 1. The Hall–Kier alpha value is -1.02. The molecule has 2 N–H and O–H groups in total. The molecular formula is C19H31NO. The zero-order valence-electron chi connectivity index (χ0n) is 14.0. The van der Waals surface area contributed by atoms with Gasteiger partial charge in [0.05, 0.1) is 0 Å². The average molecular weight is 289 g/mol. The van der Waals surface area contributed by atoms with Crippen molar-refractivity contribution in [3.63, 3.8) is 0 Å². The monoisotopic (exact) mass is 289 g/mol. The highest BCUT2D eigenvalue weighted by Crippen LogP contribution is 2.37. The SMILES string of the molecule is CCC(N)c1ccccc1OC1CC(C)CCC1C(C)C. The molecule has 2 nitrogen and oxygen atoms in total. The first-order chi connectivity index (χ1) is 10.0. The van der Waals surface area contributed by atoms with Crippen molar-refractivity contribution in [2.24, 2.45) is 23.5 Å². The van der Waals surface area contributed by atoms with Crippen LogP contribution in [-0.4, -0.2) is 6.10 Å². The zero-order valence-corrected chi connectivity index (χ0v) is 14.0. The molecule has 1 aromatic carbocycles. The van der Waals surface area contributed by atoms with Crippen molar-refractivity contribution in [1.82, 2.24) is 0 Å². The van der Waals surface area contributed by atoms with E-state index in [2.05, 4.69) is 52.0 Å². The Kier molecular flexibility index (Phi) is 5.69. The van der Waals surface area contributed by atoms with Crippen LogP contribution in [0.2, 0.25) is 0 Å². The minimum absolute atomic E-state index is 0.0692. The van der Waals surface area contributed by atoms with Gasteiger partial charge >= 0.3 is 0 Å². The predicted molar refractivity (Wildman–Crippen MR) is 89.4 cm³/mol. The topological polar surface area (TPSA) is 35.2 Å². The molecule has 0 amide bonds. The summed E-state index contributed by atoms with van der Waals surface area (Å²) in [6.45, 7) is 9.11. The molecule has 118 valence electrons. The second-order valence-electron chi connectivity index (χ2n) is 7.03. The number of para-hydroxylation sites is 1. The van der Waals surface area contributed by atoms with Gasteiger partial charge in [-0.25, -0.2) is 0 Å². The molecule has 2 rings (SSSR count).